The van der Waals surface area contributed by atoms with Crippen molar-refractivity contribution in [2.24, 2.45) is 5.41 Å². The summed E-state index contributed by atoms with van der Waals surface area (Å²) in [7, 11) is 0. The van der Waals surface area contributed by atoms with Crippen LogP contribution in [-0.2, 0) is 22.4 Å². The van der Waals surface area contributed by atoms with Crippen LogP contribution in [0.1, 0.15) is 30.4 Å². The van der Waals surface area contributed by atoms with E-state index in [1.807, 2.05) is 48.5 Å². The van der Waals surface area contributed by atoms with Crippen molar-refractivity contribution in [2.75, 3.05) is 13.1 Å². The van der Waals surface area contributed by atoms with Gasteiger partial charge in [0.05, 0.1) is 0 Å². The van der Waals surface area contributed by atoms with Crippen LogP contribution in [0.2, 0.25) is 0 Å². The molecule has 26 heavy (non-hydrogen) atoms. The van der Waals surface area contributed by atoms with Gasteiger partial charge in [0.15, 0.2) is 0 Å². The molecule has 4 nitrogen and oxygen atoms in total. The topological polar surface area (TPSA) is 58.2 Å². The molecule has 0 spiro atoms. The smallest absolute Gasteiger partial charge is 0.235 e. The van der Waals surface area contributed by atoms with Crippen LogP contribution in [-0.4, -0.2) is 24.9 Å². The molecule has 136 valence electrons. The maximum Gasteiger partial charge on any atom is 0.235 e. The Hall–Kier alpha value is -2.62. The third kappa shape index (κ3) is 4.72. The number of benzene rings is 2. The van der Waals surface area contributed by atoms with Crippen LogP contribution < -0.4 is 10.6 Å². The third-order valence-electron chi connectivity index (χ3n) is 4.93. The lowest BCUT2D eigenvalue weighted by Crippen LogP contribution is -2.43. The maximum absolute atomic E-state index is 12.4. The first kappa shape index (κ1) is 18.2. The largest absolute Gasteiger partial charge is 0.355 e. The monoisotopic (exact) mass is 350 g/mol. The van der Waals surface area contributed by atoms with Gasteiger partial charge in [-0.15, -0.1) is 0 Å². The van der Waals surface area contributed by atoms with Gasteiger partial charge in [-0.1, -0.05) is 60.7 Å². The van der Waals surface area contributed by atoms with Crippen molar-refractivity contribution in [1.82, 2.24) is 10.6 Å². The molecule has 2 aromatic carbocycles. The van der Waals surface area contributed by atoms with Crippen molar-refractivity contribution in [3.63, 3.8) is 0 Å². The number of hydrogen-bond donors (Lipinski definition) is 2. The van der Waals surface area contributed by atoms with Crippen molar-refractivity contribution in [3.8, 4) is 0 Å². The Morgan fingerprint density at radius 1 is 0.731 bits per heavy atom. The highest BCUT2D eigenvalue weighted by Gasteiger charge is 2.56. The molecule has 1 saturated carbocycles. The molecule has 0 atom stereocenters. The number of hydrogen-bond acceptors (Lipinski definition) is 2. The van der Waals surface area contributed by atoms with E-state index in [1.54, 1.807) is 0 Å². The molecular formula is C22H26N2O2. The Morgan fingerprint density at radius 3 is 1.77 bits per heavy atom. The zero-order valence-corrected chi connectivity index (χ0v) is 15.0. The van der Waals surface area contributed by atoms with Crippen LogP contribution in [0.3, 0.4) is 0 Å². The van der Waals surface area contributed by atoms with E-state index >= 15 is 0 Å². The first-order valence-corrected chi connectivity index (χ1v) is 9.35. The van der Waals surface area contributed by atoms with E-state index in [0.29, 0.717) is 25.9 Å². The van der Waals surface area contributed by atoms with Crippen molar-refractivity contribution >= 4 is 11.8 Å². The highest BCUT2D eigenvalue weighted by Crippen LogP contribution is 2.46. The predicted molar refractivity (Wildman–Crippen MR) is 103 cm³/mol. The van der Waals surface area contributed by atoms with E-state index in [2.05, 4.69) is 22.8 Å². The van der Waals surface area contributed by atoms with E-state index in [0.717, 1.165) is 19.3 Å². The standard InChI is InChI=1S/C22H26N2O2/c25-20(23-16-7-12-18-8-3-1-4-9-18)22(14-15-22)21(26)24-17-13-19-10-5-2-6-11-19/h1-6,8-11H,7,12-17H2,(H,23,25)(H,24,26). The minimum atomic E-state index is -0.830. The molecule has 3 rings (SSSR count). The second-order valence-corrected chi connectivity index (χ2v) is 6.92. The molecule has 0 aromatic heterocycles. The fourth-order valence-electron chi connectivity index (χ4n) is 3.12. The molecule has 0 aliphatic heterocycles. The third-order valence-corrected chi connectivity index (χ3v) is 4.93. The number of rotatable bonds is 9. The van der Waals surface area contributed by atoms with Gasteiger partial charge in [-0.05, 0) is 43.2 Å². The van der Waals surface area contributed by atoms with Crippen molar-refractivity contribution < 1.29 is 9.59 Å². The molecule has 1 aliphatic carbocycles. The fraction of sp³-hybridized carbons (Fsp3) is 0.364. The van der Waals surface area contributed by atoms with E-state index in [1.165, 1.54) is 11.1 Å². The lowest BCUT2D eigenvalue weighted by molar-refractivity contribution is -0.137. The maximum atomic E-state index is 12.4. The zero-order chi connectivity index (χ0) is 18.2. The summed E-state index contributed by atoms with van der Waals surface area (Å²) >= 11 is 0. The van der Waals surface area contributed by atoms with Crippen LogP contribution in [0.15, 0.2) is 60.7 Å². The van der Waals surface area contributed by atoms with Crippen molar-refractivity contribution in [1.29, 1.82) is 0 Å². The summed E-state index contributed by atoms with van der Waals surface area (Å²) in [5.41, 5.74) is 1.62. The summed E-state index contributed by atoms with van der Waals surface area (Å²) in [6, 6.07) is 20.2. The molecule has 1 fully saturated rings. The van der Waals surface area contributed by atoms with Gasteiger partial charge in [-0.25, -0.2) is 0 Å². The van der Waals surface area contributed by atoms with Crippen molar-refractivity contribution in [3.05, 3.63) is 71.8 Å². The number of carbonyl (C=O) groups excluding carboxylic acids is 2. The summed E-state index contributed by atoms with van der Waals surface area (Å²) in [6.07, 6.45) is 3.88. The Morgan fingerprint density at radius 2 is 1.23 bits per heavy atom. The number of aryl methyl sites for hydroxylation is 1. The second kappa shape index (κ2) is 8.65. The van der Waals surface area contributed by atoms with Gasteiger partial charge in [-0.2, -0.15) is 0 Å². The Labute approximate surface area is 155 Å². The molecule has 1 aliphatic rings. The molecule has 2 amide bonds. The van der Waals surface area contributed by atoms with Gasteiger partial charge >= 0.3 is 0 Å². The Balaban J connectivity index is 1.38. The van der Waals surface area contributed by atoms with E-state index in [-0.39, 0.29) is 11.8 Å². The summed E-state index contributed by atoms with van der Waals surface area (Å²) in [4.78, 5) is 24.9. The minimum Gasteiger partial charge on any atom is -0.355 e. The van der Waals surface area contributed by atoms with Crippen LogP contribution >= 0.6 is 0 Å². The first-order chi connectivity index (χ1) is 12.7. The number of amides is 2. The molecule has 0 heterocycles. The van der Waals surface area contributed by atoms with Crippen molar-refractivity contribution in [2.45, 2.75) is 32.1 Å². The molecule has 0 unspecified atom stereocenters. The zero-order valence-electron chi connectivity index (χ0n) is 15.0. The summed E-state index contributed by atoms with van der Waals surface area (Å²) in [6.45, 7) is 1.17. The molecular weight excluding hydrogens is 324 g/mol. The molecule has 0 bridgehead atoms. The Kier molecular flexibility index (Phi) is 6.05. The van der Waals surface area contributed by atoms with E-state index in [4.69, 9.17) is 0 Å². The predicted octanol–water partition coefficient (Wildman–Crippen LogP) is 2.87. The van der Waals surface area contributed by atoms with Gasteiger partial charge in [0, 0.05) is 13.1 Å². The quantitative estimate of drug-likeness (QED) is 0.540. The van der Waals surface area contributed by atoms with Gasteiger partial charge in [0.25, 0.3) is 0 Å². The fourth-order valence-corrected chi connectivity index (χ4v) is 3.12. The average Bonchev–Trinajstić information content (AvgIpc) is 3.49. The van der Waals surface area contributed by atoms with Crippen LogP contribution in [0.25, 0.3) is 0 Å². The minimum absolute atomic E-state index is 0.122. The van der Waals surface area contributed by atoms with Gasteiger partial charge < -0.3 is 10.6 Å². The number of nitrogens with one attached hydrogen (secondary N) is 2. The van der Waals surface area contributed by atoms with Crippen LogP contribution in [0.5, 0.6) is 0 Å². The summed E-state index contributed by atoms with van der Waals surface area (Å²) < 4.78 is 0. The lowest BCUT2D eigenvalue weighted by atomic mass is 10.0. The van der Waals surface area contributed by atoms with E-state index in [9.17, 15) is 9.59 Å². The first-order valence-electron chi connectivity index (χ1n) is 9.35. The number of carbonyl (C=O) groups is 2. The highest BCUT2D eigenvalue weighted by atomic mass is 16.2. The summed E-state index contributed by atoms with van der Waals surface area (Å²) in [5, 5.41) is 5.88. The van der Waals surface area contributed by atoms with E-state index < -0.39 is 5.41 Å². The SMILES string of the molecule is O=C(NCCCc1ccccc1)C1(C(=O)NCCc2ccccc2)CC1. The van der Waals surface area contributed by atoms with Crippen LogP contribution in [0.4, 0.5) is 0 Å². The highest BCUT2D eigenvalue weighted by molar-refractivity contribution is 6.07. The van der Waals surface area contributed by atoms with Gasteiger partial charge in [-0.3, -0.25) is 9.59 Å². The average molecular weight is 350 g/mol. The molecule has 2 N–H and O–H groups in total. The Bertz CT molecular complexity index is 724. The second-order valence-electron chi connectivity index (χ2n) is 6.92. The molecule has 0 radical (unpaired) electrons. The van der Waals surface area contributed by atoms with Crippen LogP contribution in [0, 0.1) is 5.41 Å². The van der Waals surface area contributed by atoms with Gasteiger partial charge in [0.1, 0.15) is 5.41 Å². The normalized spacial score (nSPS) is 14.5. The molecule has 4 heteroatoms. The molecule has 2 aromatic rings. The summed E-state index contributed by atoms with van der Waals surface area (Å²) in [5.74, 6) is -0.253. The molecule has 0 saturated heterocycles. The van der Waals surface area contributed by atoms with Gasteiger partial charge in [0.2, 0.25) is 11.8 Å². The lowest BCUT2D eigenvalue weighted by Gasteiger charge is -2.15.